The second-order valence-electron chi connectivity index (χ2n) is 8.79. The molecule has 3 unspecified atom stereocenters. The number of amides is 1. The number of rotatable bonds is 5. The largest absolute Gasteiger partial charge is 0.416 e. The van der Waals surface area contributed by atoms with E-state index < -0.39 is 11.7 Å². The van der Waals surface area contributed by atoms with E-state index in [4.69, 9.17) is 0 Å². The van der Waals surface area contributed by atoms with Crippen molar-refractivity contribution in [1.29, 1.82) is 0 Å². The first-order valence-electron chi connectivity index (χ1n) is 9.78. The van der Waals surface area contributed by atoms with Crippen molar-refractivity contribution >= 4 is 5.91 Å². The number of likely N-dealkylation sites (tertiary alicyclic amines) is 1. The molecular formula is C21H29F3N2O. The summed E-state index contributed by atoms with van der Waals surface area (Å²) in [5.41, 5.74) is 0.0704. The van der Waals surface area contributed by atoms with E-state index >= 15 is 0 Å². The van der Waals surface area contributed by atoms with E-state index in [0.29, 0.717) is 18.9 Å². The summed E-state index contributed by atoms with van der Waals surface area (Å²) >= 11 is 0. The molecule has 1 saturated heterocycles. The fourth-order valence-corrected chi connectivity index (χ4v) is 4.06. The Morgan fingerprint density at radius 2 is 1.89 bits per heavy atom. The molecule has 150 valence electrons. The molecular weight excluding hydrogens is 353 g/mol. The van der Waals surface area contributed by atoms with Crippen LogP contribution in [0.25, 0.3) is 0 Å². The summed E-state index contributed by atoms with van der Waals surface area (Å²) in [6.45, 7) is 9.29. The number of benzene rings is 1. The maximum atomic E-state index is 12.7. The molecule has 3 rings (SSSR count). The van der Waals surface area contributed by atoms with Crippen LogP contribution < -0.4 is 5.32 Å². The van der Waals surface area contributed by atoms with Crippen LogP contribution in [0.4, 0.5) is 13.2 Å². The van der Waals surface area contributed by atoms with Crippen LogP contribution in [0.5, 0.6) is 0 Å². The zero-order chi connectivity index (χ0) is 19.8. The molecule has 0 radical (unpaired) electrons. The van der Waals surface area contributed by atoms with E-state index in [9.17, 15) is 18.0 Å². The molecule has 1 saturated carbocycles. The number of carbonyl (C=O) groups excluding carboxylic acids is 1. The molecule has 1 aliphatic heterocycles. The van der Waals surface area contributed by atoms with Crippen molar-refractivity contribution in [2.45, 2.75) is 57.7 Å². The standard InChI is InChI=1S/C21H29F3N2O/c1-14-5-4-10-26(12-14)20(2,3)13-25-19(27)18-11-17(18)15-6-8-16(9-7-15)21(22,23)24/h6-9,14,17-18H,4-5,10-13H2,1-3H3,(H,25,27). The summed E-state index contributed by atoms with van der Waals surface area (Å²) in [4.78, 5) is 14.9. The molecule has 2 aliphatic rings. The number of halogens is 3. The van der Waals surface area contributed by atoms with Gasteiger partial charge in [0.05, 0.1) is 5.56 Å². The quantitative estimate of drug-likeness (QED) is 0.817. The molecule has 3 atom stereocenters. The number of hydrogen-bond acceptors (Lipinski definition) is 2. The minimum Gasteiger partial charge on any atom is -0.354 e. The maximum Gasteiger partial charge on any atom is 0.416 e. The van der Waals surface area contributed by atoms with Gasteiger partial charge in [-0.1, -0.05) is 19.1 Å². The molecule has 3 nitrogen and oxygen atoms in total. The van der Waals surface area contributed by atoms with Gasteiger partial charge in [0.2, 0.25) is 5.91 Å². The van der Waals surface area contributed by atoms with Gasteiger partial charge in [0.15, 0.2) is 0 Å². The van der Waals surface area contributed by atoms with E-state index in [1.807, 2.05) is 0 Å². The molecule has 0 aromatic heterocycles. The van der Waals surface area contributed by atoms with Crippen molar-refractivity contribution in [3.05, 3.63) is 35.4 Å². The highest BCUT2D eigenvalue weighted by atomic mass is 19.4. The zero-order valence-electron chi connectivity index (χ0n) is 16.3. The predicted molar refractivity (Wildman–Crippen MR) is 99.4 cm³/mol. The first kappa shape index (κ1) is 20.2. The highest BCUT2D eigenvalue weighted by molar-refractivity contribution is 5.83. The molecule has 1 N–H and O–H groups in total. The Bertz CT molecular complexity index is 669. The van der Waals surface area contributed by atoms with Crippen molar-refractivity contribution in [3.8, 4) is 0 Å². The van der Waals surface area contributed by atoms with Gasteiger partial charge in [-0.3, -0.25) is 9.69 Å². The summed E-state index contributed by atoms with van der Waals surface area (Å²) < 4.78 is 38.0. The Kier molecular flexibility index (Phi) is 5.57. The van der Waals surface area contributed by atoms with Crippen LogP contribution in [0.15, 0.2) is 24.3 Å². The molecule has 1 heterocycles. The third-order valence-electron chi connectivity index (χ3n) is 6.00. The highest BCUT2D eigenvalue weighted by Gasteiger charge is 2.44. The average molecular weight is 382 g/mol. The summed E-state index contributed by atoms with van der Waals surface area (Å²) in [5, 5.41) is 3.07. The number of carbonyl (C=O) groups is 1. The zero-order valence-corrected chi connectivity index (χ0v) is 16.3. The smallest absolute Gasteiger partial charge is 0.354 e. The molecule has 2 fully saturated rings. The van der Waals surface area contributed by atoms with E-state index in [1.165, 1.54) is 25.0 Å². The van der Waals surface area contributed by atoms with Gasteiger partial charge >= 0.3 is 6.18 Å². The SMILES string of the molecule is CC1CCCN(C(C)(C)CNC(=O)C2CC2c2ccc(C(F)(F)F)cc2)C1. The van der Waals surface area contributed by atoms with Gasteiger partial charge in [0, 0.05) is 24.5 Å². The van der Waals surface area contributed by atoms with E-state index in [2.05, 4.69) is 31.0 Å². The van der Waals surface area contributed by atoms with Crippen molar-refractivity contribution in [2.24, 2.45) is 11.8 Å². The van der Waals surface area contributed by atoms with Gasteiger partial charge in [-0.15, -0.1) is 0 Å². The number of alkyl halides is 3. The summed E-state index contributed by atoms with van der Waals surface area (Å²) in [5.74, 6) is 0.600. The van der Waals surface area contributed by atoms with Crippen LogP contribution in [-0.4, -0.2) is 36.0 Å². The predicted octanol–water partition coefficient (Wildman–Crippen LogP) is 4.44. The van der Waals surface area contributed by atoms with Gasteiger partial charge in [0.1, 0.15) is 0 Å². The second kappa shape index (κ2) is 7.46. The molecule has 0 bridgehead atoms. The average Bonchev–Trinajstić information content (AvgIpc) is 3.40. The van der Waals surface area contributed by atoms with E-state index in [-0.39, 0.29) is 23.3 Å². The lowest BCUT2D eigenvalue weighted by Crippen LogP contribution is -2.54. The Hall–Kier alpha value is -1.56. The van der Waals surface area contributed by atoms with Crippen molar-refractivity contribution in [1.82, 2.24) is 10.2 Å². The fraction of sp³-hybridized carbons (Fsp3) is 0.667. The number of nitrogens with zero attached hydrogens (tertiary/aromatic N) is 1. The minimum absolute atomic E-state index is 0.0121. The van der Waals surface area contributed by atoms with Crippen molar-refractivity contribution in [3.63, 3.8) is 0 Å². The van der Waals surface area contributed by atoms with E-state index in [1.54, 1.807) is 0 Å². The Morgan fingerprint density at radius 3 is 2.48 bits per heavy atom. The Balaban J connectivity index is 1.51. The van der Waals surface area contributed by atoms with Crippen LogP contribution in [0.3, 0.4) is 0 Å². The minimum atomic E-state index is -4.32. The van der Waals surface area contributed by atoms with Crippen molar-refractivity contribution < 1.29 is 18.0 Å². The maximum absolute atomic E-state index is 12.7. The lowest BCUT2D eigenvalue weighted by atomic mass is 9.93. The topological polar surface area (TPSA) is 32.3 Å². The monoisotopic (exact) mass is 382 g/mol. The lowest BCUT2D eigenvalue weighted by Gasteiger charge is -2.43. The number of nitrogens with one attached hydrogen (secondary N) is 1. The van der Waals surface area contributed by atoms with Crippen LogP contribution >= 0.6 is 0 Å². The molecule has 27 heavy (non-hydrogen) atoms. The van der Waals surface area contributed by atoms with Gasteiger partial charge in [-0.05, 0) is 69.2 Å². The van der Waals surface area contributed by atoms with Crippen LogP contribution in [-0.2, 0) is 11.0 Å². The molecule has 1 amide bonds. The molecule has 1 aliphatic carbocycles. The summed E-state index contributed by atoms with van der Waals surface area (Å²) in [6, 6.07) is 5.20. The first-order chi connectivity index (χ1) is 12.6. The van der Waals surface area contributed by atoms with Gasteiger partial charge in [-0.2, -0.15) is 13.2 Å². The van der Waals surface area contributed by atoms with Crippen LogP contribution in [0.1, 0.15) is 57.1 Å². The van der Waals surface area contributed by atoms with Crippen LogP contribution in [0, 0.1) is 11.8 Å². The Labute approximate surface area is 159 Å². The Morgan fingerprint density at radius 1 is 1.22 bits per heavy atom. The normalized spacial score (nSPS) is 26.7. The number of piperidine rings is 1. The molecule has 0 spiro atoms. The summed E-state index contributed by atoms with van der Waals surface area (Å²) in [7, 11) is 0. The first-order valence-corrected chi connectivity index (χ1v) is 9.78. The lowest BCUT2D eigenvalue weighted by molar-refractivity contribution is -0.137. The third-order valence-corrected chi connectivity index (χ3v) is 6.00. The van der Waals surface area contributed by atoms with E-state index in [0.717, 1.165) is 30.8 Å². The second-order valence-corrected chi connectivity index (χ2v) is 8.79. The van der Waals surface area contributed by atoms with Crippen LogP contribution in [0.2, 0.25) is 0 Å². The molecule has 1 aromatic carbocycles. The van der Waals surface area contributed by atoms with Crippen molar-refractivity contribution in [2.75, 3.05) is 19.6 Å². The molecule has 1 aromatic rings. The molecule has 6 heteroatoms. The number of hydrogen-bond donors (Lipinski definition) is 1. The van der Waals surface area contributed by atoms with Gasteiger partial charge < -0.3 is 5.32 Å². The fourth-order valence-electron chi connectivity index (χ4n) is 4.06. The van der Waals surface area contributed by atoms with Gasteiger partial charge in [0.25, 0.3) is 0 Å². The highest BCUT2D eigenvalue weighted by Crippen LogP contribution is 2.48. The summed E-state index contributed by atoms with van der Waals surface area (Å²) in [6.07, 6.45) is -1.16. The third kappa shape index (κ3) is 4.84. The van der Waals surface area contributed by atoms with Gasteiger partial charge in [-0.25, -0.2) is 0 Å².